The second-order valence-electron chi connectivity index (χ2n) is 7.04. The molecule has 0 atom stereocenters. The van der Waals surface area contributed by atoms with Gasteiger partial charge >= 0.3 is 5.76 Å². The van der Waals surface area contributed by atoms with Crippen LogP contribution in [0.15, 0.2) is 69.9 Å². The lowest BCUT2D eigenvalue weighted by Gasteiger charge is -2.07. The Balaban J connectivity index is 1.52. The normalized spacial score (nSPS) is 12.8. The highest BCUT2D eigenvalue weighted by molar-refractivity contribution is 5.81. The average Bonchev–Trinajstić information content (AvgIpc) is 3.31. The Morgan fingerprint density at radius 1 is 1.07 bits per heavy atom. The highest BCUT2D eigenvalue weighted by atomic mass is 16.5. The van der Waals surface area contributed by atoms with Crippen molar-refractivity contribution < 1.29 is 9.15 Å². The first kappa shape index (κ1) is 16.7. The van der Waals surface area contributed by atoms with Gasteiger partial charge in [-0.2, -0.15) is 0 Å². The molecule has 0 unspecified atom stereocenters. The zero-order valence-electron chi connectivity index (χ0n) is 15.6. The molecule has 28 heavy (non-hydrogen) atoms. The third-order valence-corrected chi connectivity index (χ3v) is 5.29. The van der Waals surface area contributed by atoms with Gasteiger partial charge in [-0.05, 0) is 65.1 Å². The molecule has 1 aromatic heterocycles. The molecule has 1 aliphatic rings. The third kappa shape index (κ3) is 2.85. The van der Waals surface area contributed by atoms with E-state index in [-0.39, 0.29) is 5.76 Å². The molecular weight excluding hydrogens is 352 g/mol. The number of oxazole rings is 1. The van der Waals surface area contributed by atoms with Gasteiger partial charge in [0.15, 0.2) is 5.58 Å². The summed E-state index contributed by atoms with van der Waals surface area (Å²) in [6.07, 6.45) is 1.04. The predicted octanol–water partition coefficient (Wildman–Crippen LogP) is 4.29. The number of hydrogen-bond donors (Lipinski definition) is 1. The van der Waals surface area contributed by atoms with Gasteiger partial charge in [-0.15, -0.1) is 0 Å². The zero-order chi connectivity index (χ0) is 19.1. The highest BCUT2D eigenvalue weighted by Crippen LogP contribution is 2.30. The summed E-state index contributed by atoms with van der Waals surface area (Å²) in [6.45, 7) is 1.42. The summed E-state index contributed by atoms with van der Waals surface area (Å²) in [5.74, 6) is 0.417. The summed E-state index contributed by atoms with van der Waals surface area (Å²) in [4.78, 5) is 12.5. The van der Waals surface area contributed by atoms with Crippen LogP contribution in [0.25, 0.3) is 22.2 Å². The number of anilines is 1. The second-order valence-corrected chi connectivity index (χ2v) is 7.04. The molecule has 0 fully saturated rings. The minimum absolute atomic E-state index is 0.354. The summed E-state index contributed by atoms with van der Waals surface area (Å²) >= 11 is 0. The van der Waals surface area contributed by atoms with E-state index in [2.05, 4.69) is 23.5 Å². The van der Waals surface area contributed by atoms with E-state index in [9.17, 15) is 4.79 Å². The molecule has 0 spiro atoms. The number of nitrogens with one attached hydrogen (secondary N) is 1. The Kier molecular flexibility index (Phi) is 3.93. The zero-order valence-corrected chi connectivity index (χ0v) is 15.6. The van der Waals surface area contributed by atoms with E-state index < -0.39 is 0 Å². The average molecular weight is 372 g/mol. The van der Waals surface area contributed by atoms with Crippen LogP contribution in [0.5, 0.6) is 5.75 Å². The molecule has 5 heteroatoms. The fraction of sp³-hybridized carbons (Fsp3) is 0.174. The number of ether oxygens (including phenoxy) is 1. The number of fused-ring (bicyclic) bond motifs is 2. The maximum Gasteiger partial charge on any atom is 0.420 e. The van der Waals surface area contributed by atoms with Crippen LogP contribution in [0.2, 0.25) is 0 Å². The SMILES string of the molecule is COc1cccc(Cn2c(=O)oc3cc(-c4ccc5c(c4)CCN5)ccc32)c1. The standard InChI is InChI=1S/C23H20N2O3/c1-27-19-4-2-3-15(11-19)14-25-21-8-6-17(13-22(21)28-23(25)26)16-5-7-20-18(12-16)9-10-24-20/h2-8,11-13,24H,9-10,14H2,1H3. The lowest BCUT2D eigenvalue weighted by atomic mass is 10.0. The van der Waals surface area contributed by atoms with Gasteiger partial charge in [0, 0.05) is 12.2 Å². The molecule has 1 N–H and O–H groups in total. The number of aromatic nitrogens is 1. The topological polar surface area (TPSA) is 56.4 Å². The Morgan fingerprint density at radius 2 is 1.93 bits per heavy atom. The van der Waals surface area contributed by atoms with Gasteiger partial charge in [0.25, 0.3) is 0 Å². The van der Waals surface area contributed by atoms with Crippen molar-refractivity contribution in [1.29, 1.82) is 0 Å². The van der Waals surface area contributed by atoms with Crippen molar-refractivity contribution >= 4 is 16.8 Å². The summed E-state index contributed by atoms with van der Waals surface area (Å²) in [5, 5.41) is 3.38. The van der Waals surface area contributed by atoms with Crippen LogP contribution >= 0.6 is 0 Å². The molecule has 3 aromatic carbocycles. The first-order valence-corrected chi connectivity index (χ1v) is 9.35. The molecule has 140 valence electrons. The van der Waals surface area contributed by atoms with Gasteiger partial charge in [-0.3, -0.25) is 4.57 Å². The van der Waals surface area contributed by atoms with Gasteiger partial charge < -0.3 is 14.5 Å². The molecule has 0 bridgehead atoms. The van der Waals surface area contributed by atoms with Crippen molar-refractivity contribution in [1.82, 2.24) is 4.57 Å². The van der Waals surface area contributed by atoms with Gasteiger partial charge in [-0.25, -0.2) is 4.79 Å². The minimum Gasteiger partial charge on any atom is -0.497 e. The summed E-state index contributed by atoms with van der Waals surface area (Å²) in [6, 6.07) is 20.1. The van der Waals surface area contributed by atoms with Crippen molar-refractivity contribution in [2.45, 2.75) is 13.0 Å². The van der Waals surface area contributed by atoms with Crippen LogP contribution in [-0.2, 0) is 13.0 Å². The van der Waals surface area contributed by atoms with Gasteiger partial charge in [0.05, 0.1) is 19.2 Å². The molecule has 0 saturated carbocycles. The van der Waals surface area contributed by atoms with E-state index >= 15 is 0 Å². The van der Waals surface area contributed by atoms with Crippen molar-refractivity contribution in [3.8, 4) is 16.9 Å². The Morgan fingerprint density at radius 3 is 2.82 bits per heavy atom. The second kappa shape index (κ2) is 6.60. The van der Waals surface area contributed by atoms with E-state index in [1.54, 1.807) is 11.7 Å². The van der Waals surface area contributed by atoms with Crippen LogP contribution in [0, 0.1) is 0 Å². The van der Waals surface area contributed by atoms with E-state index in [4.69, 9.17) is 9.15 Å². The maximum atomic E-state index is 12.5. The van der Waals surface area contributed by atoms with Gasteiger partial charge in [0.1, 0.15) is 5.75 Å². The summed E-state index contributed by atoms with van der Waals surface area (Å²) in [7, 11) is 1.63. The fourth-order valence-electron chi connectivity index (χ4n) is 3.83. The number of methoxy groups -OCH3 is 1. The smallest absolute Gasteiger partial charge is 0.420 e. The summed E-state index contributed by atoms with van der Waals surface area (Å²) < 4.78 is 12.5. The van der Waals surface area contributed by atoms with E-state index in [1.807, 2.05) is 42.5 Å². The number of benzene rings is 3. The largest absolute Gasteiger partial charge is 0.497 e. The Bertz CT molecular complexity index is 1240. The summed E-state index contributed by atoms with van der Waals surface area (Å²) in [5.41, 5.74) is 7.09. The number of nitrogens with zero attached hydrogens (tertiary/aromatic N) is 1. The molecule has 0 radical (unpaired) electrons. The number of rotatable bonds is 4. The lowest BCUT2D eigenvalue weighted by molar-refractivity contribution is 0.414. The van der Waals surface area contributed by atoms with E-state index in [1.165, 1.54) is 11.3 Å². The van der Waals surface area contributed by atoms with Crippen LogP contribution in [0.3, 0.4) is 0 Å². The van der Waals surface area contributed by atoms with E-state index in [0.29, 0.717) is 12.1 Å². The number of hydrogen-bond acceptors (Lipinski definition) is 4. The molecular formula is C23H20N2O3. The fourth-order valence-corrected chi connectivity index (χ4v) is 3.83. The molecule has 0 saturated heterocycles. The monoisotopic (exact) mass is 372 g/mol. The Hall–Kier alpha value is -3.47. The first-order valence-electron chi connectivity index (χ1n) is 9.35. The molecule has 0 amide bonds. The molecule has 2 heterocycles. The van der Waals surface area contributed by atoms with Crippen molar-refractivity contribution in [3.05, 3.63) is 82.3 Å². The van der Waals surface area contributed by atoms with Gasteiger partial charge in [0.2, 0.25) is 0 Å². The van der Waals surface area contributed by atoms with Gasteiger partial charge in [-0.1, -0.05) is 24.3 Å². The van der Waals surface area contributed by atoms with E-state index in [0.717, 1.165) is 40.9 Å². The third-order valence-electron chi connectivity index (χ3n) is 5.29. The Labute approximate surface area is 162 Å². The maximum absolute atomic E-state index is 12.5. The van der Waals surface area contributed by atoms with Crippen LogP contribution in [0.4, 0.5) is 5.69 Å². The van der Waals surface area contributed by atoms with Crippen LogP contribution in [-0.4, -0.2) is 18.2 Å². The van der Waals surface area contributed by atoms with Crippen LogP contribution in [0.1, 0.15) is 11.1 Å². The molecule has 5 nitrogen and oxygen atoms in total. The molecule has 5 rings (SSSR count). The minimum atomic E-state index is -0.354. The van der Waals surface area contributed by atoms with Crippen molar-refractivity contribution in [2.75, 3.05) is 19.0 Å². The predicted molar refractivity (Wildman–Crippen MR) is 110 cm³/mol. The van der Waals surface area contributed by atoms with Crippen molar-refractivity contribution in [2.24, 2.45) is 0 Å². The quantitative estimate of drug-likeness (QED) is 0.581. The molecule has 1 aliphatic heterocycles. The van der Waals surface area contributed by atoms with Crippen molar-refractivity contribution in [3.63, 3.8) is 0 Å². The van der Waals surface area contributed by atoms with Crippen LogP contribution < -0.4 is 15.8 Å². The molecule has 4 aromatic rings. The highest BCUT2D eigenvalue weighted by Gasteiger charge is 2.14. The first-order chi connectivity index (χ1) is 13.7. The lowest BCUT2D eigenvalue weighted by Crippen LogP contribution is -2.14. The molecule has 0 aliphatic carbocycles.